The van der Waals surface area contributed by atoms with Gasteiger partial charge in [0, 0.05) is 11.6 Å². The number of nitriles is 1. The first-order valence-corrected chi connectivity index (χ1v) is 6.07. The monoisotopic (exact) mass is 315 g/mol. The first-order chi connectivity index (χ1) is 8.54. The molecule has 2 heterocycles. The van der Waals surface area contributed by atoms with Crippen LogP contribution in [0.15, 0.2) is 17.2 Å². The lowest BCUT2D eigenvalue weighted by atomic mass is 10.0. The van der Waals surface area contributed by atoms with Crippen LogP contribution in [0.2, 0.25) is 0 Å². The average Bonchev–Trinajstić information content (AvgIpc) is 2.32. The van der Waals surface area contributed by atoms with E-state index in [1.165, 1.54) is 11.1 Å². The van der Waals surface area contributed by atoms with Gasteiger partial charge in [0.25, 0.3) is 5.56 Å². The Balaban J connectivity index is 0.00000180. The summed E-state index contributed by atoms with van der Waals surface area (Å²) in [6, 6.07) is 2.00. The summed E-state index contributed by atoms with van der Waals surface area (Å²) >= 11 is 0. The molecule has 5 nitrogen and oxygen atoms in total. The Labute approximate surface area is 130 Å². The van der Waals surface area contributed by atoms with Crippen LogP contribution >= 0.6 is 0 Å². The van der Waals surface area contributed by atoms with Crippen molar-refractivity contribution in [2.24, 2.45) is 0 Å². The average molecular weight is 316 g/mol. The molecule has 0 amide bonds. The Bertz CT molecular complexity index is 601. The van der Waals surface area contributed by atoms with E-state index in [-0.39, 0.29) is 42.0 Å². The maximum absolute atomic E-state index is 12.2. The zero-order chi connectivity index (χ0) is 13.3. The Hall–Kier alpha value is -1.35. The topological polar surface area (TPSA) is 63.1 Å². The van der Waals surface area contributed by atoms with Gasteiger partial charge in [-0.15, -0.1) is 0 Å². The smallest absolute Gasteiger partial charge is 0.271 e. The van der Waals surface area contributed by atoms with Gasteiger partial charge < -0.3 is 29.7 Å². The maximum Gasteiger partial charge on any atom is 0.271 e. The fourth-order valence-electron chi connectivity index (χ4n) is 2.28. The molecular formula is C13H17Cl2N4O-. The van der Waals surface area contributed by atoms with Crippen LogP contribution in [-0.4, -0.2) is 23.6 Å². The van der Waals surface area contributed by atoms with Crippen LogP contribution in [0.5, 0.6) is 0 Å². The minimum atomic E-state index is -0.227. The van der Waals surface area contributed by atoms with E-state index in [0.717, 1.165) is 18.4 Å². The van der Waals surface area contributed by atoms with Crippen LogP contribution in [0.4, 0.5) is 0 Å². The molecule has 2 rings (SSSR count). The minimum absolute atomic E-state index is 0. The molecule has 1 atom stereocenters. The summed E-state index contributed by atoms with van der Waals surface area (Å²) in [5.74, 6) is 0.707. The van der Waals surface area contributed by atoms with E-state index in [0.29, 0.717) is 5.82 Å². The third kappa shape index (κ3) is 3.40. The summed E-state index contributed by atoms with van der Waals surface area (Å²) in [5, 5.41) is 8.90. The number of quaternary nitrogens is 1. The molecule has 0 aromatic carbocycles. The van der Waals surface area contributed by atoms with E-state index >= 15 is 0 Å². The molecule has 0 fully saturated rings. The maximum atomic E-state index is 12.2. The van der Waals surface area contributed by atoms with Gasteiger partial charge in [0.15, 0.2) is 0 Å². The second-order valence-corrected chi connectivity index (χ2v) is 4.92. The van der Waals surface area contributed by atoms with Crippen LogP contribution in [0, 0.1) is 11.3 Å². The standard InChI is InChI=1S/C13H16N4O.2ClH/c1-9-4-5-10(8-16(2)3)12-15-7-11(6-14)13(18)17(9)12;;/h7-9H,4-5H2,1-3H3;2*1H/p-1. The highest BCUT2D eigenvalue weighted by Crippen LogP contribution is 2.28. The Morgan fingerprint density at radius 3 is 2.70 bits per heavy atom. The third-order valence-corrected chi connectivity index (χ3v) is 3.14. The van der Waals surface area contributed by atoms with Crippen molar-refractivity contribution < 1.29 is 29.7 Å². The summed E-state index contributed by atoms with van der Waals surface area (Å²) in [4.78, 5) is 17.6. The number of aromatic nitrogens is 2. The van der Waals surface area contributed by atoms with E-state index in [2.05, 4.69) is 11.2 Å². The molecule has 1 aliphatic heterocycles. The van der Waals surface area contributed by atoms with Gasteiger partial charge >= 0.3 is 0 Å². The molecule has 1 aliphatic rings. The number of hydrogen-bond acceptors (Lipinski definition) is 3. The molecule has 110 valence electrons. The van der Waals surface area contributed by atoms with E-state index in [9.17, 15) is 4.79 Å². The highest BCUT2D eigenvalue weighted by Gasteiger charge is 2.24. The molecular weight excluding hydrogens is 299 g/mol. The molecule has 1 unspecified atom stereocenters. The van der Waals surface area contributed by atoms with Gasteiger partial charge in [0.05, 0.1) is 20.3 Å². The lowest BCUT2D eigenvalue weighted by Gasteiger charge is -2.25. The molecule has 0 spiro atoms. The SMILES string of the molecule is CC1CCC(=C[NH+](C)C)c2ncc(C#N)c(=O)n21.[Cl-].[Cl-]. The fourth-order valence-corrected chi connectivity index (χ4v) is 2.28. The first-order valence-electron chi connectivity index (χ1n) is 6.07. The number of nitrogens with one attached hydrogen (secondary N) is 1. The second-order valence-electron chi connectivity index (χ2n) is 4.92. The van der Waals surface area contributed by atoms with Crippen LogP contribution in [0.3, 0.4) is 0 Å². The second kappa shape index (κ2) is 7.44. The summed E-state index contributed by atoms with van der Waals surface area (Å²) < 4.78 is 1.65. The van der Waals surface area contributed by atoms with E-state index in [1.807, 2.05) is 27.1 Å². The molecule has 0 saturated heterocycles. The van der Waals surface area contributed by atoms with Crippen LogP contribution in [0.1, 0.15) is 37.2 Å². The van der Waals surface area contributed by atoms with Gasteiger partial charge in [-0.05, 0) is 19.8 Å². The largest absolute Gasteiger partial charge is 1.00 e. The van der Waals surface area contributed by atoms with Crippen LogP contribution in [-0.2, 0) is 0 Å². The molecule has 1 aromatic rings. The predicted octanol–water partition coefficient (Wildman–Crippen LogP) is -6.04. The highest BCUT2D eigenvalue weighted by atomic mass is 35.5. The van der Waals surface area contributed by atoms with Gasteiger partial charge in [0.1, 0.15) is 23.7 Å². The zero-order valence-corrected chi connectivity index (χ0v) is 13.2. The molecule has 0 radical (unpaired) electrons. The van der Waals surface area contributed by atoms with Gasteiger partial charge in [-0.3, -0.25) is 9.36 Å². The molecule has 1 N–H and O–H groups in total. The van der Waals surface area contributed by atoms with Gasteiger partial charge in [-0.1, -0.05) is 0 Å². The van der Waals surface area contributed by atoms with Crippen molar-refractivity contribution >= 4 is 5.57 Å². The predicted molar refractivity (Wildman–Crippen MR) is 67.9 cm³/mol. The zero-order valence-electron chi connectivity index (χ0n) is 11.7. The summed E-state index contributed by atoms with van der Waals surface area (Å²) in [6.07, 6.45) is 5.27. The molecule has 0 saturated carbocycles. The van der Waals surface area contributed by atoms with Crippen molar-refractivity contribution in [3.63, 3.8) is 0 Å². The number of allylic oxidation sites excluding steroid dienone is 1. The fraction of sp³-hybridized carbons (Fsp3) is 0.462. The number of fused-ring (bicyclic) bond motifs is 1. The molecule has 0 bridgehead atoms. The van der Waals surface area contributed by atoms with Crippen molar-refractivity contribution in [1.29, 1.82) is 5.26 Å². The summed E-state index contributed by atoms with van der Waals surface area (Å²) in [5.41, 5.74) is 0.966. The number of halogens is 2. The van der Waals surface area contributed by atoms with Gasteiger partial charge in [-0.2, -0.15) is 5.26 Å². The van der Waals surface area contributed by atoms with Crippen molar-refractivity contribution in [3.8, 4) is 6.07 Å². The van der Waals surface area contributed by atoms with Gasteiger partial charge in [0.2, 0.25) is 0 Å². The number of hydrogen-bond donors (Lipinski definition) is 1. The third-order valence-electron chi connectivity index (χ3n) is 3.14. The molecule has 0 aliphatic carbocycles. The van der Waals surface area contributed by atoms with Crippen molar-refractivity contribution in [2.45, 2.75) is 25.8 Å². The highest BCUT2D eigenvalue weighted by molar-refractivity contribution is 5.60. The van der Waals surface area contributed by atoms with E-state index in [4.69, 9.17) is 5.26 Å². The van der Waals surface area contributed by atoms with Crippen molar-refractivity contribution in [2.75, 3.05) is 14.1 Å². The number of nitrogens with zero attached hydrogens (tertiary/aromatic N) is 3. The Morgan fingerprint density at radius 2 is 2.15 bits per heavy atom. The lowest BCUT2D eigenvalue weighted by molar-refractivity contribution is -0.800. The molecule has 7 heteroatoms. The van der Waals surface area contributed by atoms with Gasteiger partial charge in [-0.25, -0.2) is 4.98 Å². The number of rotatable bonds is 1. The Kier molecular flexibility index (Phi) is 6.94. The minimum Gasteiger partial charge on any atom is -1.00 e. The lowest BCUT2D eigenvalue weighted by Crippen LogP contribution is -3.00. The quantitative estimate of drug-likeness (QED) is 0.561. The van der Waals surface area contributed by atoms with Crippen molar-refractivity contribution in [1.82, 2.24) is 9.55 Å². The van der Waals surface area contributed by atoms with E-state index < -0.39 is 0 Å². The summed E-state index contributed by atoms with van der Waals surface area (Å²) in [7, 11) is 4.05. The van der Waals surface area contributed by atoms with Crippen LogP contribution < -0.4 is 35.3 Å². The van der Waals surface area contributed by atoms with E-state index in [1.54, 1.807) is 4.57 Å². The summed E-state index contributed by atoms with van der Waals surface area (Å²) in [6.45, 7) is 1.99. The normalized spacial score (nSPS) is 18.8. The molecule has 1 aromatic heterocycles. The Morgan fingerprint density at radius 1 is 1.50 bits per heavy atom. The van der Waals surface area contributed by atoms with Crippen LogP contribution in [0.25, 0.3) is 5.57 Å². The first kappa shape index (κ1) is 18.7. The van der Waals surface area contributed by atoms with Crippen molar-refractivity contribution in [3.05, 3.63) is 34.1 Å². The molecule has 20 heavy (non-hydrogen) atoms.